The van der Waals surface area contributed by atoms with Crippen LogP contribution in [-0.4, -0.2) is 43.4 Å². The van der Waals surface area contributed by atoms with Crippen LogP contribution >= 0.6 is 11.8 Å². The van der Waals surface area contributed by atoms with E-state index in [9.17, 15) is 9.59 Å². The lowest BCUT2D eigenvalue weighted by atomic mass is 10.1. The second-order valence-corrected chi connectivity index (χ2v) is 9.05. The molecule has 1 saturated heterocycles. The fraction of sp³-hybridized carbons (Fsp3) is 0.259. The fourth-order valence-electron chi connectivity index (χ4n) is 3.63. The highest BCUT2D eigenvalue weighted by Gasteiger charge is 2.18. The first kappa shape index (κ1) is 23.9. The fourth-order valence-corrected chi connectivity index (χ4v) is 4.38. The van der Waals surface area contributed by atoms with Crippen LogP contribution in [0.25, 0.3) is 0 Å². The molecule has 1 atom stereocenters. The predicted octanol–water partition coefficient (Wildman–Crippen LogP) is 5.02. The summed E-state index contributed by atoms with van der Waals surface area (Å²) in [6, 6.07) is 24.2. The average molecular weight is 477 g/mol. The highest BCUT2D eigenvalue weighted by molar-refractivity contribution is 7.99. The molecule has 34 heavy (non-hydrogen) atoms. The molecule has 0 aromatic heterocycles. The molecule has 176 valence electrons. The number of rotatable bonds is 10. The van der Waals surface area contributed by atoms with Gasteiger partial charge in [0.1, 0.15) is 5.75 Å². The van der Waals surface area contributed by atoms with E-state index in [4.69, 9.17) is 9.47 Å². The van der Waals surface area contributed by atoms with Crippen molar-refractivity contribution in [2.45, 2.75) is 23.8 Å². The van der Waals surface area contributed by atoms with Gasteiger partial charge in [0, 0.05) is 29.4 Å². The number of hydrogen-bond donors (Lipinski definition) is 2. The minimum atomic E-state index is -0.287. The topological polar surface area (TPSA) is 76.7 Å². The van der Waals surface area contributed by atoms with Crippen LogP contribution < -0.4 is 15.4 Å². The van der Waals surface area contributed by atoms with Crippen molar-refractivity contribution in [3.8, 4) is 5.75 Å². The number of amides is 2. The van der Waals surface area contributed by atoms with Gasteiger partial charge in [-0.05, 0) is 61.4 Å². The van der Waals surface area contributed by atoms with Crippen LogP contribution in [0.3, 0.4) is 0 Å². The third-order valence-electron chi connectivity index (χ3n) is 5.41. The minimum absolute atomic E-state index is 0.0587. The van der Waals surface area contributed by atoms with E-state index in [1.54, 1.807) is 60.3 Å². The Balaban J connectivity index is 1.28. The van der Waals surface area contributed by atoms with Gasteiger partial charge in [0.15, 0.2) is 0 Å². The van der Waals surface area contributed by atoms with Crippen molar-refractivity contribution >= 4 is 29.3 Å². The molecule has 6 nitrogen and oxygen atoms in total. The van der Waals surface area contributed by atoms with Gasteiger partial charge in [0.05, 0.1) is 24.0 Å². The molecule has 2 amide bonds. The van der Waals surface area contributed by atoms with Crippen LogP contribution in [0.15, 0.2) is 83.8 Å². The summed E-state index contributed by atoms with van der Waals surface area (Å²) < 4.78 is 11.3. The van der Waals surface area contributed by atoms with Crippen LogP contribution in [0.1, 0.15) is 33.6 Å². The summed E-state index contributed by atoms with van der Waals surface area (Å²) in [6.45, 7) is 1.77. The van der Waals surface area contributed by atoms with E-state index in [1.807, 2.05) is 18.2 Å². The summed E-state index contributed by atoms with van der Waals surface area (Å²) in [5.74, 6) is 1.02. The maximum atomic E-state index is 12.8. The Labute approximate surface area is 204 Å². The van der Waals surface area contributed by atoms with Gasteiger partial charge in [-0.25, -0.2) is 0 Å². The van der Waals surface area contributed by atoms with Gasteiger partial charge in [-0.2, -0.15) is 0 Å². The van der Waals surface area contributed by atoms with E-state index in [-0.39, 0.29) is 17.9 Å². The molecular weight excluding hydrogens is 448 g/mol. The standard InChI is InChI=1S/C27H28N2O4S/c30-26(20-12-14-21(15-13-20)33-17-18-34-23-8-2-1-3-9-23)29-25-11-5-4-10-24(25)27(31)28-19-22-7-6-16-32-22/h1-5,8-15,22H,6-7,16-19H2,(H,28,31)(H,29,30)/t22-/m1/s1. The Morgan fingerprint density at radius 2 is 1.71 bits per heavy atom. The van der Waals surface area contributed by atoms with Crippen molar-refractivity contribution in [2.75, 3.05) is 30.8 Å². The Hall–Kier alpha value is -3.29. The molecule has 0 spiro atoms. The van der Waals surface area contributed by atoms with Crippen molar-refractivity contribution in [2.24, 2.45) is 0 Å². The highest BCUT2D eigenvalue weighted by atomic mass is 32.2. The zero-order valence-corrected chi connectivity index (χ0v) is 19.7. The van der Waals surface area contributed by atoms with Gasteiger partial charge in [-0.15, -0.1) is 11.8 Å². The number of benzene rings is 3. The molecule has 3 aromatic rings. The Morgan fingerprint density at radius 3 is 2.47 bits per heavy atom. The normalized spacial score (nSPS) is 15.0. The van der Waals surface area contributed by atoms with E-state index < -0.39 is 0 Å². The van der Waals surface area contributed by atoms with Crippen molar-refractivity contribution < 1.29 is 19.1 Å². The second kappa shape index (κ2) is 12.3. The molecule has 1 aliphatic heterocycles. The Kier molecular flexibility index (Phi) is 8.60. The summed E-state index contributed by atoms with van der Waals surface area (Å²) in [7, 11) is 0. The third-order valence-corrected chi connectivity index (χ3v) is 6.39. The minimum Gasteiger partial charge on any atom is -0.493 e. The van der Waals surface area contributed by atoms with Crippen molar-refractivity contribution in [1.29, 1.82) is 0 Å². The molecule has 0 bridgehead atoms. The molecule has 0 radical (unpaired) electrons. The first-order valence-corrected chi connectivity index (χ1v) is 12.4. The van der Waals surface area contributed by atoms with Crippen molar-refractivity contribution in [3.05, 3.63) is 90.0 Å². The maximum Gasteiger partial charge on any atom is 0.255 e. The van der Waals surface area contributed by atoms with Gasteiger partial charge >= 0.3 is 0 Å². The molecule has 4 rings (SSSR count). The lowest BCUT2D eigenvalue weighted by molar-refractivity contribution is 0.0858. The summed E-state index contributed by atoms with van der Waals surface area (Å²) in [4.78, 5) is 26.6. The van der Waals surface area contributed by atoms with E-state index >= 15 is 0 Å². The summed E-state index contributed by atoms with van der Waals surface area (Å²) in [5.41, 5.74) is 1.38. The summed E-state index contributed by atoms with van der Waals surface area (Å²) >= 11 is 1.73. The molecule has 0 saturated carbocycles. The Bertz CT molecular complexity index is 1080. The van der Waals surface area contributed by atoms with Gasteiger partial charge in [0.2, 0.25) is 0 Å². The molecule has 0 aliphatic carbocycles. The number of nitrogens with one attached hydrogen (secondary N) is 2. The second-order valence-electron chi connectivity index (χ2n) is 7.88. The number of hydrogen-bond acceptors (Lipinski definition) is 5. The number of carbonyl (C=O) groups is 2. The monoisotopic (exact) mass is 476 g/mol. The first-order chi connectivity index (χ1) is 16.7. The van der Waals surface area contributed by atoms with Crippen molar-refractivity contribution in [3.63, 3.8) is 0 Å². The molecule has 1 aliphatic rings. The summed E-state index contributed by atoms with van der Waals surface area (Å²) in [5, 5.41) is 5.75. The van der Waals surface area contributed by atoms with Crippen LogP contribution in [0, 0.1) is 0 Å². The van der Waals surface area contributed by atoms with E-state index in [1.165, 1.54) is 4.90 Å². The van der Waals surface area contributed by atoms with Gasteiger partial charge < -0.3 is 20.1 Å². The van der Waals surface area contributed by atoms with Crippen LogP contribution in [0.4, 0.5) is 5.69 Å². The third kappa shape index (κ3) is 6.85. The molecule has 7 heteroatoms. The molecular formula is C27H28N2O4S. The average Bonchev–Trinajstić information content (AvgIpc) is 3.40. The molecule has 0 unspecified atom stereocenters. The SMILES string of the molecule is O=C(Nc1ccccc1C(=O)NC[C@H]1CCCO1)c1ccc(OCCSc2ccccc2)cc1. The van der Waals surface area contributed by atoms with Crippen LogP contribution in [0.2, 0.25) is 0 Å². The largest absolute Gasteiger partial charge is 0.493 e. The van der Waals surface area contributed by atoms with E-state index in [0.717, 1.165) is 25.2 Å². The van der Waals surface area contributed by atoms with Crippen LogP contribution in [-0.2, 0) is 4.74 Å². The first-order valence-electron chi connectivity index (χ1n) is 11.4. The number of carbonyl (C=O) groups excluding carboxylic acids is 2. The van der Waals surface area contributed by atoms with Crippen molar-refractivity contribution in [1.82, 2.24) is 5.32 Å². The smallest absolute Gasteiger partial charge is 0.255 e. The number of ether oxygens (including phenoxy) is 2. The molecule has 1 fully saturated rings. The number of para-hydroxylation sites is 1. The number of anilines is 1. The maximum absolute atomic E-state index is 12.8. The number of thioether (sulfide) groups is 1. The summed E-state index contributed by atoms with van der Waals surface area (Å²) in [6.07, 6.45) is 2.02. The molecule has 2 N–H and O–H groups in total. The lowest BCUT2D eigenvalue weighted by Crippen LogP contribution is -2.32. The van der Waals surface area contributed by atoms with Gasteiger partial charge in [-0.1, -0.05) is 30.3 Å². The zero-order valence-electron chi connectivity index (χ0n) is 18.9. The molecule has 3 aromatic carbocycles. The predicted molar refractivity (Wildman–Crippen MR) is 135 cm³/mol. The Morgan fingerprint density at radius 1 is 0.941 bits per heavy atom. The van der Waals surface area contributed by atoms with Crippen LogP contribution in [0.5, 0.6) is 5.75 Å². The quantitative estimate of drug-likeness (QED) is 0.317. The van der Waals surface area contributed by atoms with Gasteiger partial charge in [-0.3, -0.25) is 9.59 Å². The highest BCUT2D eigenvalue weighted by Crippen LogP contribution is 2.20. The van der Waals surface area contributed by atoms with Gasteiger partial charge in [0.25, 0.3) is 11.8 Å². The zero-order chi connectivity index (χ0) is 23.6. The van der Waals surface area contributed by atoms with E-state index in [0.29, 0.717) is 35.7 Å². The molecule has 1 heterocycles. The lowest BCUT2D eigenvalue weighted by Gasteiger charge is -2.14. The van der Waals surface area contributed by atoms with E-state index in [2.05, 4.69) is 22.8 Å².